The summed E-state index contributed by atoms with van der Waals surface area (Å²) in [5.74, 6) is -0.00891. The summed E-state index contributed by atoms with van der Waals surface area (Å²) in [5, 5.41) is 6.46. The molecule has 2 aromatic carbocycles. The molecule has 9 nitrogen and oxygen atoms in total. The van der Waals surface area contributed by atoms with Crippen molar-refractivity contribution in [2.24, 2.45) is 5.10 Å². The van der Waals surface area contributed by atoms with Gasteiger partial charge in [-0.15, -0.1) is 0 Å². The molecule has 1 heterocycles. The molecule has 0 saturated heterocycles. The molecule has 0 spiro atoms. The Morgan fingerprint density at radius 1 is 1.13 bits per heavy atom. The SMILES string of the molecule is CCN(CC)S(=O)(=O)c1ccc(Oc2ccccc2)c(NC(=O)C2=NNC(=O)CC2)c1. The molecule has 1 aliphatic rings. The van der Waals surface area contributed by atoms with E-state index < -0.39 is 15.9 Å². The first kappa shape index (κ1) is 22.4. The molecule has 0 aliphatic carbocycles. The van der Waals surface area contributed by atoms with Gasteiger partial charge in [0.1, 0.15) is 11.5 Å². The number of hydrazone groups is 1. The monoisotopic (exact) mass is 444 g/mol. The summed E-state index contributed by atoms with van der Waals surface area (Å²) >= 11 is 0. The lowest BCUT2D eigenvalue weighted by atomic mass is 10.1. The van der Waals surface area contributed by atoms with Gasteiger partial charge in [-0.2, -0.15) is 9.41 Å². The number of hydrogen-bond donors (Lipinski definition) is 2. The number of rotatable bonds is 8. The van der Waals surface area contributed by atoms with Gasteiger partial charge < -0.3 is 10.1 Å². The summed E-state index contributed by atoms with van der Waals surface area (Å²) in [6.07, 6.45) is 0.333. The molecule has 3 rings (SSSR count). The average molecular weight is 445 g/mol. The molecule has 0 unspecified atom stereocenters. The molecule has 1 aliphatic heterocycles. The molecule has 2 N–H and O–H groups in total. The third-order valence-corrected chi connectivity index (χ3v) is 6.73. The second kappa shape index (κ2) is 9.71. The Balaban J connectivity index is 1.97. The highest BCUT2D eigenvalue weighted by atomic mass is 32.2. The van der Waals surface area contributed by atoms with E-state index in [0.29, 0.717) is 18.8 Å². The minimum atomic E-state index is -3.74. The zero-order chi connectivity index (χ0) is 22.4. The first-order chi connectivity index (χ1) is 14.8. The van der Waals surface area contributed by atoms with Gasteiger partial charge in [0.05, 0.1) is 10.6 Å². The molecule has 0 aromatic heterocycles. The summed E-state index contributed by atoms with van der Waals surface area (Å²) in [5.41, 5.74) is 2.60. The lowest BCUT2D eigenvalue weighted by molar-refractivity contribution is -0.121. The highest BCUT2D eigenvalue weighted by molar-refractivity contribution is 7.89. The molecule has 0 atom stereocenters. The molecule has 31 heavy (non-hydrogen) atoms. The van der Waals surface area contributed by atoms with Crippen molar-refractivity contribution in [2.45, 2.75) is 31.6 Å². The summed E-state index contributed by atoms with van der Waals surface area (Å²) in [6, 6.07) is 13.2. The van der Waals surface area contributed by atoms with Crippen molar-refractivity contribution in [2.75, 3.05) is 18.4 Å². The van der Waals surface area contributed by atoms with E-state index in [0.717, 1.165) is 0 Å². The molecule has 164 valence electrons. The van der Waals surface area contributed by atoms with E-state index in [1.165, 1.54) is 22.5 Å². The van der Waals surface area contributed by atoms with Crippen LogP contribution in [0.4, 0.5) is 5.69 Å². The first-order valence-corrected chi connectivity index (χ1v) is 11.3. The van der Waals surface area contributed by atoms with E-state index in [1.807, 2.05) is 6.07 Å². The Kier molecular flexibility index (Phi) is 7.03. The van der Waals surface area contributed by atoms with Crippen LogP contribution >= 0.6 is 0 Å². The second-order valence-corrected chi connectivity index (χ2v) is 8.65. The maximum atomic E-state index is 12.9. The van der Waals surface area contributed by atoms with Gasteiger partial charge in [0.2, 0.25) is 15.9 Å². The van der Waals surface area contributed by atoms with Gasteiger partial charge in [0.25, 0.3) is 5.91 Å². The number of benzene rings is 2. The number of para-hydroxylation sites is 1. The lowest BCUT2D eigenvalue weighted by Crippen LogP contribution is -2.33. The number of amides is 2. The molecule has 10 heteroatoms. The fraction of sp³-hybridized carbons (Fsp3) is 0.286. The number of carbonyl (C=O) groups excluding carboxylic acids is 2. The van der Waals surface area contributed by atoms with Crippen molar-refractivity contribution < 1.29 is 22.7 Å². The van der Waals surface area contributed by atoms with Crippen LogP contribution in [0, 0.1) is 0 Å². The quantitative estimate of drug-likeness (QED) is 0.649. The van der Waals surface area contributed by atoms with E-state index in [9.17, 15) is 18.0 Å². The lowest BCUT2D eigenvalue weighted by Gasteiger charge is -2.20. The summed E-state index contributed by atoms with van der Waals surface area (Å²) in [7, 11) is -3.74. The van der Waals surface area contributed by atoms with Gasteiger partial charge >= 0.3 is 0 Å². The van der Waals surface area contributed by atoms with Crippen LogP contribution in [0.2, 0.25) is 0 Å². The molecule has 2 amide bonds. The predicted molar refractivity (Wildman–Crippen MR) is 117 cm³/mol. The second-order valence-electron chi connectivity index (χ2n) is 6.71. The zero-order valence-corrected chi connectivity index (χ0v) is 18.1. The minimum absolute atomic E-state index is 0.0331. The molecule has 0 fully saturated rings. The average Bonchev–Trinajstić information content (AvgIpc) is 2.76. The smallest absolute Gasteiger partial charge is 0.271 e. The minimum Gasteiger partial charge on any atom is -0.455 e. The topological polar surface area (TPSA) is 117 Å². The highest BCUT2D eigenvalue weighted by Crippen LogP contribution is 2.33. The number of nitrogens with zero attached hydrogens (tertiary/aromatic N) is 2. The largest absolute Gasteiger partial charge is 0.455 e. The van der Waals surface area contributed by atoms with Crippen LogP contribution < -0.4 is 15.5 Å². The third-order valence-electron chi connectivity index (χ3n) is 4.68. The van der Waals surface area contributed by atoms with Gasteiger partial charge in [0, 0.05) is 25.9 Å². The normalized spacial score (nSPS) is 14.0. The standard InChI is InChI=1S/C21H24N4O5S/c1-3-25(4-2)31(28,29)16-10-12-19(30-15-8-6-5-7-9-15)18(14-16)22-21(27)17-11-13-20(26)24-23-17/h5-10,12,14H,3-4,11,13H2,1-2H3,(H,22,27)(H,24,26). The van der Waals surface area contributed by atoms with Gasteiger partial charge in [-0.05, 0) is 30.3 Å². The van der Waals surface area contributed by atoms with Crippen molar-refractivity contribution in [1.82, 2.24) is 9.73 Å². The fourth-order valence-corrected chi connectivity index (χ4v) is 4.50. The van der Waals surface area contributed by atoms with Crippen LogP contribution in [0.15, 0.2) is 58.5 Å². The van der Waals surface area contributed by atoms with Crippen molar-refractivity contribution in [1.29, 1.82) is 0 Å². The van der Waals surface area contributed by atoms with E-state index in [2.05, 4.69) is 15.8 Å². The predicted octanol–water partition coefficient (Wildman–Crippen LogP) is 2.71. The number of nitrogens with one attached hydrogen (secondary N) is 2. The van der Waals surface area contributed by atoms with Crippen LogP contribution in [0.1, 0.15) is 26.7 Å². The van der Waals surface area contributed by atoms with Crippen molar-refractivity contribution in [3.8, 4) is 11.5 Å². The Hall–Kier alpha value is -3.24. The molecule has 0 bridgehead atoms. The number of carbonyl (C=O) groups is 2. The van der Waals surface area contributed by atoms with Crippen LogP contribution in [0.25, 0.3) is 0 Å². The number of sulfonamides is 1. The highest BCUT2D eigenvalue weighted by Gasteiger charge is 2.25. The Morgan fingerprint density at radius 3 is 2.45 bits per heavy atom. The third kappa shape index (κ3) is 5.28. The summed E-state index contributed by atoms with van der Waals surface area (Å²) < 4.78 is 33.1. The van der Waals surface area contributed by atoms with E-state index >= 15 is 0 Å². The summed E-state index contributed by atoms with van der Waals surface area (Å²) in [4.78, 5) is 24.0. The molecule has 0 radical (unpaired) electrons. The fourth-order valence-electron chi connectivity index (χ4n) is 3.02. The zero-order valence-electron chi connectivity index (χ0n) is 17.3. The Bertz CT molecular complexity index is 1100. The van der Waals surface area contributed by atoms with Gasteiger partial charge in [-0.25, -0.2) is 13.8 Å². The Morgan fingerprint density at radius 2 is 1.84 bits per heavy atom. The molecule has 2 aromatic rings. The number of ether oxygens (including phenoxy) is 1. The molecular weight excluding hydrogens is 420 g/mol. The van der Waals surface area contributed by atoms with Gasteiger partial charge in [-0.3, -0.25) is 9.59 Å². The van der Waals surface area contributed by atoms with E-state index in [4.69, 9.17) is 4.74 Å². The van der Waals surface area contributed by atoms with Crippen molar-refractivity contribution in [3.63, 3.8) is 0 Å². The van der Waals surface area contributed by atoms with Crippen LogP contribution in [0.5, 0.6) is 11.5 Å². The van der Waals surface area contributed by atoms with Crippen LogP contribution in [-0.4, -0.2) is 43.3 Å². The Labute approximate surface area is 181 Å². The first-order valence-electron chi connectivity index (χ1n) is 9.89. The number of hydrogen-bond acceptors (Lipinski definition) is 6. The van der Waals surface area contributed by atoms with Crippen LogP contribution in [-0.2, 0) is 19.6 Å². The summed E-state index contributed by atoms with van der Waals surface area (Å²) in [6.45, 7) is 4.15. The van der Waals surface area contributed by atoms with E-state index in [-0.39, 0.29) is 40.8 Å². The molecule has 0 saturated carbocycles. The van der Waals surface area contributed by atoms with Crippen molar-refractivity contribution >= 4 is 33.2 Å². The number of anilines is 1. The van der Waals surface area contributed by atoms with Crippen molar-refractivity contribution in [3.05, 3.63) is 48.5 Å². The maximum Gasteiger partial charge on any atom is 0.271 e. The van der Waals surface area contributed by atoms with E-state index in [1.54, 1.807) is 38.1 Å². The van der Waals surface area contributed by atoms with Crippen LogP contribution in [0.3, 0.4) is 0 Å². The maximum absolute atomic E-state index is 12.9. The van der Waals surface area contributed by atoms with Gasteiger partial charge in [-0.1, -0.05) is 32.0 Å². The molecular formula is C21H24N4O5S. The van der Waals surface area contributed by atoms with Gasteiger partial charge in [0.15, 0.2) is 5.75 Å².